The van der Waals surface area contributed by atoms with Gasteiger partial charge in [-0.15, -0.1) is 0 Å². The molecule has 0 fully saturated rings. The molecular weight excluding hydrogens is 294 g/mol. The van der Waals surface area contributed by atoms with E-state index in [2.05, 4.69) is 20.9 Å². The summed E-state index contributed by atoms with van der Waals surface area (Å²) in [4.78, 5) is 15.4. The average molecular weight is 306 g/mol. The first kappa shape index (κ1) is 12.8. The normalized spacial score (nSPS) is 10.3. The molecule has 1 aromatic heterocycles. The van der Waals surface area contributed by atoms with E-state index in [1.54, 1.807) is 12.1 Å². The fourth-order valence-electron chi connectivity index (χ4n) is 1.75. The van der Waals surface area contributed by atoms with Crippen LogP contribution in [0.2, 0.25) is 0 Å². The molecule has 2 rings (SSSR count). The van der Waals surface area contributed by atoms with Crippen molar-refractivity contribution < 1.29 is 9.90 Å². The van der Waals surface area contributed by atoms with Gasteiger partial charge in [-0.05, 0) is 30.7 Å². The van der Waals surface area contributed by atoms with E-state index < -0.39 is 5.97 Å². The summed E-state index contributed by atoms with van der Waals surface area (Å²) in [7, 11) is 0. The number of carbonyl (C=O) groups is 1. The summed E-state index contributed by atoms with van der Waals surface area (Å²) in [6, 6.07) is 11.1. The zero-order valence-corrected chi connectivity index (χ0v) is 11.4. The van der Waals surface area contributed by atoms with Gasteiger partial charge < -0.3 is 5.11 Å². The Bertz CT molecular complexity index is 579. The van der Waals surface area contributed by atoms with Crippen LogP contribution in [0.25, 0.3) is 11.3 Å². The van der Waals surface area contributed by atoms with E-state index >= 15 is 0 Å². The zero-order chi connectivity index (χ0) is 13.1. The highest BCUT2D eigenvalue weighted by atomic mass is 79.9. The van der Waals surface area contributed by atoms with Gasteiger partial charge in [0.1, 0.15) is 0 Å². The highest BCUT2D eigenvalue weighted by molar-refractivity contribution is 9.10. The van der Waals surface area contributed by atoms with Crippen molar-refractivity contribution in [1.29, 1.82) is 0 Å². The standard InChI is InChI=1S/C14H12BrNO2/c1-2-12-11(14(17)18)7-8-13(16-12)9-3-5-10(15)6-4-9/h3-8H,2H2,1H3,(H,17,18). The molecule has 0 aliphatic heterocycles. The predicted molar refractivity (Wildman–Crippen MR) is 73.7 cm³/mol. The maximum atomic E-state index is 11.0. The lowest BCUT2D eigenvalue weighted by atomic mass is 10.1. The van der Waals surface area contributed by atoms with E-state index in [4.69, 9.17) is 5.11 Å². The molecule has 1 aromatic carbocycles. The van der Waals surface area contributed by atoms with Crippen LogP contribution in [0.4, 0.5) is 0 Å². The van der Waals surface area contributed by atoms with Crippen LogP contribution in [0.3, 0.4) is 0 Å². The minimum Gasteiger partial charge on any atom is -0.478 e. The highest BCUT2D eigenvalue weighted by Gasteiger charge is 2.11. The number of halogens is 1. The second-order valence-electron chi connectivity index (χ2n) is 3.86. The molecule has 4 heteroatoms. The van der Waals surface area contributed by atoms with E-state index in [1.807, 2.05) is 31.2 Å². The SMILES string of the molecule is CCc1nc(-c2ccc(Br)cc2)ccc1C(=O)O. The average Bonchev–Trinajstić information content (AvgIpc) is 2.38. The summed E-state index contributed by atoms with van der Waals surface area (Å²) >= 11 is 3.38. The van der Waals surface area contributed by atoms with Crippen molar-refractivity contribution >= 4 is 21.9 Å². The Morgan fingerprint density at radius 2 is 1.89 bits per heavy atom. The minimum absolute atomic E-state index is 0.276. The van der Waals surface area contributed by atoms with Gasteiger partial charge in [-0.1, -0.05) is 35.0 Å². The number of hydrogen-bond donors (Lipinski definition) is 1. The molecule has 0 atom stereocenters. The first-order valence-corrected chi connectivity index (χ1v) is 6.40. The maximum Gasteiger partial charge on any atom is 0.337 e. The second kappa shape index (κ2) is 5.31. The summed E-state index contributed by atoms with van der Waals surface area (Å²) in [5, 5.41) is 9.05. The lowest BCUT2D eigenvalue weighted by Gasteiger charge is -2.06. The van der Waals surface area contributed by atoms with Crippen LogP contribution in [0.5, 0.6) is 0 Å². The Balaban J connectivity index is 2.47. The van der Waals surface area contributed by atoms with Gasteiger partial charge in [-0.25, -0.2) is 4.79 Å². The van der Waals surface area contributed by atoms with Crippen molar-refractivity contribution in [3.8, 4) is 11.3 Å². The minimum atomic E-state index is -0.929. The van der Waals surface area contributed by atoms with E-state index in [-0.39, 0.29) is 5.56 Å². The zero-order valence-electron chi connectivity index (χ0n) is 9.85. The Labute approximate surface area is 114 Å². The van der Waals surface area contributed by atoms with Gasteiger partial charge in [0.05, 0.1) is 17.0 Å². The Kier molecular flexibility index (Phi) is 3.77. The fraction of sp³-hybridized carbons (Fsp3) is 0.143. The molecule has 0 saturated heterocycles. The van der Waals surface area contributed by atoms with Crippen LogP contribution < -0.4 is 0 Å². The number of pyridine rings is 1. The van der Waals surface area contributed by atoms with Crippen molar-refractivity contribution in [2.45, 2.75) is 13.3 Å². The van der Waals surface area contributed by atoms with E-state index in [0.717, 1.165) is 15.7 Å². The Morgan fingerprint density at radius 1 is 1.22 bits per heavy atom. The first-order chi connectivity index (χ1) is 8.61. The number of carboxylic acid groups (broad SMARTS) is 1. The molecule has 0 spiro atoms. The lowest BCUT2D eigenvalue weighted by molar-refractivity contribution is 0.0695. The second-order valence-corrected chi connectivity index (χ2v) is 4.77. The van der Waals surface area contributed by atoms with Crippen LogP contribution in [0.15, 0.2) is 40.9 Å². The van der Waals surface area contributed by atoms with Crippen molar-refractivity contribution in [3.63, 3.8) is 0 Å². The van der Waals surface area contributed by atoms with Crippen molar-refractivity contribution in [2.24, 2.45) is 0 Å². The van der Waals surface area contributed by atoms with E-state index in [0.29, 0.717) is 12.1 Å². The van der Waals surface area contributed by atoms with Gasteiger partial charge in [0, 0.05) is 10.0 Å². The van der Waals surface area contributed by atoms with Crippen LogP contribution in [0.1, 0.15) is 23.0 Å². The molecular formula is C14H12BrNO2. The molecule has 18 heavy (non-hydrogen) atoms. The van der Waals surface area contributed by atoms with Crippen molar-refractivity contribution in [2.75, 3.05) is 0 Å². The molecule has 2 aromatic rings. The largest absolute Gasteiger partial charge is 0.478 e. The number of benzene rings is 1. The molecule has 0 radical (unpaired) electrons. The predicted octanol–water partition coefficient (Wildman–Crippen LogP) is 3.77. The quantitative estimate of drug-likeness (QED) is 0.939. The topological polar surface area (TPSA) is 50.2 Å². The summed E-state index contributed by atoms with van der Waals surface area (Å²) < 4.78 is 1.00. The molecule has 3 nitrogen and oxygen atoms in total. The molecule has 0 saturated carbocycles. The molecule has 0 aliphatic rings. The van der Waals surface area contributed by atoms with Crippen molar-refractivity contribution in [3.05, 3.63) is 52.1 Å². The van der Waals surface area contributed by atoms with Crippen molar-refractivity contribution in [1.82, 2.24) is 4.98 Å². The van der Waals surface area contributed by atoms with E-state index in [9.17, 15) is 4.79 Å². The highest BCUT2D eigenvalue weighted by Crippen LogP contribution is 2.21. The summed E-state index contributed by atoms with van der Waals surface area (Å²) in [6.45, 7) is 1.90. The summed E-state index contributed by atoms with van der Waals surface area (Å²) in [5.74, 6) is -0.929. The number of rotatable bonds is 3. The van der Waals surface area contributed by atoms with Gasteiger partial charge in [-0.3, -0.25) is 4.98 Å². The van der Waals surface area contributed by atoms with Gasteiger partial charge in [-0.2, -0.15) is 0 Å². The van der Waals surface area contributed by atoms with Crippen LogP contribution in [-0.4, -0.2) is 16.1 Å². The third kappa shape index (κ3) is 2.59. The summed E-state index contributed by atoms with van der Waals surface area (Å²) in [5.41, 5.74) is 2.66. The third-order valence-corrected chi connectivity index (χ3v) is 3.21. The smallest absolute Gasteiger partial charge is 0.337 e. The fourth-order valence-corrected chi connectivity index (χ4v) is 2.01. The lowest BCUT2D eigenvalue weighted by Crippen LogP contribution is -2.04. The van der Waals surface area contributed by atoms with Gasteiger partial charge >= 0.3 is 5.97 Å². The molecule has 0 aliphatic carbocycles. The Morgan fingerprint density at radius 3 is 2.44 bits per heavy atom. The third-order valence-electron chi connectivity index (χ3n) is 2.68. The van der Waals surface area contributed by atoms with Crippen LogP contribution in [0, 0.1) is 0 Å². The number of aryl methyl sites for hydroxylation is 1. The van der Waals surface area contributed by atoms with Gasteiger partial charge in [0.15, 0.2) is 0 Å². The molecule has 92 valence electrons. The number of aromatic nitrogens is 1. The van der Waals surface area contributed by atoms with Gasteiger partial charge in [0.25, 0.3) is 0 Å². The number of nitrogens with zero attached hydrogens (tertiary/aromatic N) is 1. The number of hydrogen-bond acceptors (Lipinski definition) is 2. The molecule has 1 heterocycles. The maximum absolute atomic E-state index is 11.0. The summed E-state index contributed by atoms with van der Waals surface area (Å²) in [6.07, 6.45) is 0.603. The monoisotopic (exact) mass is 305 g/mol. The number of carboxylic acids is 1. The van der Waals surface area contributed by atoms with E-state index in [1.165, 1.54) is 0 Å². The van der Waals surface area contributed by atoms with Gasteiger partial charge in [0.2, 0.25) is 0 Å². The molecule has 0 bridgehead atoms. The molecule has 1 N–H and O–H groups in total. The first-order valence-electron chi connectivity index (χ1n) is 5.61. The van der Waals surface area contributed by atoms with Crippen LogP contribution in [-0.2, 0) is 6.42 Å². The van der Waals surface area contributed by atoms with Crippen LogP contribution >= 0.6 is 15.9 Å². The number of aromatic carboxylic acids is 1. The molecule has 0 unspecified atom stereocenters. The Hall–Kier alpha value is -1.68. The molecule has 0 amide bonds.